The van der Waals surface area contributed by atoms with E-state index in [1.807, 2.05) is 0 Å². The highest BCUT2D eigenvalue weighted by molar-refractivity contribution is 7.80. The molecule has 2 saturated heterocycles. The minimum atomic E-state index is 0.254. The van der Waals surface area contributed by atoms with Crippen molar-refractivity contribution in [1.82, 2.24) is 10.3 Å². The van der Waals surface area contributed by atoms with Gasteiger partial charge in [0.05, 0.1) is 5.71 Å². The van der Waals surface area contributed by atoms with Crippen molar-refractivity contribution >= 4 is 23.0 Å². The van der Waals surface area contributed by atoms with Crippen LogP contribution in [0.3, 0.4) is 0 Å². The first-order valence-corrected chi connectivity index (χ1v) is 5.04. The van der Waals surface area contributed by atoms with Crippen LogP contribution in [0.15, 0.2) is 5.10 Å². The molecule has 3 N–H and O–H groups in total. The van der Waals surface area contributed by atoms with Crippen molar-refractivity contribution < 1.29 is 0 Å². The normalized spacial score (nSPS) is 30.8. The summed E-state index contributed by atoms with van der Waals surface area (Å²) in [5.74, 6) is 0. The third kappa shape index (κ3) is 1.81. The van der Waals surface area contributed by atoms with Gasteiger partial charge in [0.25, 0.3) is 0 Å². The quantitative estimate of drug-likeness (QED) is 0.461. The van der Waals surface area contributed by atoms with Gasteiger partial charge in [0.2, 0.25) is 0 Å². The van der Waals surface area contributed by atoms with Gasteiger partial charge < -0.3 is 5.73 Å². The maximum absolute atomic E-state index is 5.31. The van der Waals surface area contributed by atoms with Gasteiger partial charge >= 0.3 is 0 Å². The van der Waals surface area contributed by atoms with Crippen LogP contribution in [0.25, 0.3) is 0 Å². The smallest absolute Gasteiger partial charge is 0.184 e. The first-order chi connectivity index (χ1) is 6.27. The van der Waals surface area contributed by atoms with Gasteiger partial charge in [0.15, 0.2) is 5.11 Å². The Morgan fingerprint density at radius 1 is 1.62 bits per heavy atom. The number of hydrogen-bond donors (Lipinski definition) is 2. The van der Waals surface area contributed by atoms with Gasteiger partial charge in [-0.1, -0.05) is 0 Å². The van der Waals surface area contributed by atoms with Gasteiger partial charge in [0, 0.05) is 19.0 Å². The number of hydrazone groups is 1. The van der Waals surface area contributed by atoms with E-state index in [1.54, 1.807) is 0 Å². The average Bonchev–Trinajstić information content (AvgIpc) is 2.60. The fourth-order valence-corrected chi connectivity index (χ4v) is 2.20. The van der Waals surface area contributed by atoms with Gasteiger partial charge in [-0.05, 0) is 31.6 Å². The Labute approximate surface area is 83.2 Å². The molecular formula is C8H14N4S. The lowest BCUT2D eigenvalue weighted by molar-refractivity contribution is 0.346. The number of nitrogens with zero attached hydrogens (tertiary/aromatic N) is 2. The standard InChI is InChI=1S/C8H14N4S/c9-8(13)11-10-6-3-5-12-4-1-2-7(6)12/h7H,1-5H2,(H3,9,11,13). The van der Waals surface area contributed by atoms with E-state index in [0.29, 0.717) is 6.04 Å². The van der Waals surface area contributed by atoms with E-state index >= 15 is 0 Å². The van der Waals surface area contributed by atoms with E-state index < -0.39 is 0 Å². The van der Waals surface area contributed by atoms with Crippen molar-refractivity contribution in [2.75, 3.05) is 13.1 Å². The Bertz CT molecular complexity index is 251. The summed E-state index contributed by atoms with van der Waals surface area (Å²) in [7, 11) is 0. The molecule has 1 unspecified atom stereocenters. The molecule has 4 nitrogen and oxygen atoms in total. The van der Waals surface area contributed by atoms with Crippen LogP contribution >= 0.6 is 12.2 Å². The summed E-state index contributed by atoms with van der Waals surface area (Å²) in [5, 5.41) is 4.48. The van der Waals surface area contributed by atoms with Crippen molar-refractivity contribution in [3.05, 3.63) is 0 Å². The summed E-state index contributed by atoms with van der Waals surface area (Å²) >= 11 is 4.70. The molecule has 2 heterocycles. The van der Waals surface area contributed by atoms with Crippen LogP contribution in [0.4, 0.5) is 0 Å². The van der Waals surface area contributed by atoms with Crippen LogP contribution in [-0.2, 0) is 0 Å². The highest BCUT2D eigenvalue weighted by Crippen LogP contribution is 2.25. The lowest BCUT2D eigenvalue weighted by Crippen LogP contribution is -2.30. The van der Waals surface area contributed by atoms with Crippen molar-refractivity contribution in [2.24, 2.45) is 10.8 Å². The Balaban J connectivity index is 2.00. The van der Waals surface area contributed by atoms with Crippen LogP contribution in [0.2, 0.25) is 0 Å². The number of fused-ring (bicyclic) bond motifs is 1. The number of hydrogen-bond acceptors (Lipinski definition) is 3. The largest absolute Gasteiger partial charge is 0.375 e. The third-order valence-electron chi connectivity index (χ3n) is 2.71. The highest BCUT2D eigenvalue weighted by atomic mass is 32.1. The molecule has 1 atom stereocenters. The van der Waals surface area contributed by atoms with E-state index in [-0.39, 0.29) is 5.11 Å². The maximum Gasteiger partial charge on any atom is 0.184 e. The molecule has 72 valence electrons. The molecule has 0 saturated carbocycles. The molecule has 2 rings (SSSR count). The first kappa shape index (κ1) is 8.90. The van der Waals surface area contributed by atoms with Crippen LogP contribution in [-0.4, -0.2) is 34.9 Å². The molecular weight excluding hydrogens is 184 g/mol. The maximum atomic E-state index is 5.31. The molecule has 0 spiro atoms. The fourth-order valence-electron chi connectivity index (χ4n) is 2.15. The lowest BCUT2D eigenvalue weighted by Gasteiger charge is -2.13. The van der Waals surface area contributed by atoms with Crippen molar-refractivity contribution in [3.63, 3.8) is 0 Å². The Morgan fingerprint density at radius 3 is 3.23 bits per heavy atom. The van der Waals surface area contributed by atoms with Gasteiger partial charge in [-0.3, -0.25) is 10.3 Å². The van der Waals surface area contributed by atoms with Crippen molar-refractivity contribution in [1.29, 1.82) is 0 Å². The second kappa shape index (κ2) is 3.59. The molecule has 0 aromatic rings. The Morgan fingerprint density at radius 2 is 2.46 bits per heavy atom. The summed E-state index contributed by atoms with van der Waals surface area (Å²) < 4.78 is 0. The zero-order chi connectivity index (χ0) is 9.26. The second-order valence-electron chi connectivity index (χ2n) is 3.52. The van der Waals surface area contributed by atoms with E-state index in [4.69, 9.17) is 18.0 Å². The molecule has 5 heteroatoms. The topological polar surface area (TPSA) is 53.6 Å². The van der Waals surface area contributed by atoms with E-state index in [1.165, 1.54) is 25.1 Å². The van der Waals surface area contributed by atoms with Crippen LogP contribution in [0.1, 0.15) is 19.3 Å². The summed E-state index contributed by atoms with van der Waals surface area (Å²) in [6.45, 7) is 2.36. The fraction of sp³-hybridized carbons (Fsp3) is 0.750. The van der Waals surface area contributed by atoms with Gasteiger partial charge in [-0.15, -0.1) is 0 Å². The Kier molecular flexibility index (Phi) is 2.46. The van der Waals surface area contributed by atoms with E-state index in [2.05, 4.69) is 15.4 Å². The SMILES string of the molecule is NC(=S)NN=C1CCN2CCCC12. The lowest BCUT2D eigenvalue weighted by atomic mass is 10.1. The molecule has 0 aromatic carbocycles. The molecule has 13 heavy (non-hydrogen) atoms. The number of rotatable bonds is 1. The van der Waals surface area contributed by atoms with Crippen molar-refractivity contribution in [3.8, 4) is 0 Å². The van der Waals surface area contributed by atoms with Gasteiger partial charge in [-0.2, -0.15) is 5.10 Å². The monoisotopic (exact) mass is 198 g/mol. The van der Waals surface area contributed by atoms with Crippen molar-refractivity contribution in [2.45, 2.75) is 25.3 Å². The van der Waals surface area contributed by atoms with E-state index in [9.17, 15) is 0 Å². The summed E-state index contributed by atoms with van der Waals surface area (Å²) in [6.07, 6.45) is 3.58. The second-order valence-corrected chi connectivity index (χ2v) is 3.96. The van der Waals surface area contributed by atoms with Gasteiger partial charge in [-0.25, -0.2) is 0 Å². The molecule has 2 aliphatic rings. The molecule has 0 bridgehead atoms. The van der Waals surface area contributed by atoms with Gasteiger partial charge in [0.1, 0.15) is 0 Å². The van der Waals surface area contributed by atoms with E-state index in [0.717, 1.165) is 13.0 Å². The third-order valence-corrected chi connectivity index (χ3v) is 2.80. The van der Waals surface area contributed by atoms with Crippen LogP contribution in [0, 0.1) is 0 Å². The number of nitrogens with two attached hydrogens (primary N) is 1. The summed E-state index contributed by atoms with van der Waals surface area (Å²) in [4.78, 5) is 2.47. The predicted molar refractivity (Wildman–Crippen MR) is 56.6 cm³/mol. The Hall–Kier alpha value is -0.680. The van der Waals surface area contributed by atoms with Crippen LogP contribution in [0.5, 0.6) is 0 Å². The predicted octanol–water partition coefficient (Wildman–Crippen LogP) is 0.0437. The number of thiocarbonyl (C=S) groups is 1. The molecule has 0 aromatic heterocycles. The summed E-state index contributed by atoms with van der Waals surface area (Å²) in [6, 6.07) is 0.557. The molecule has 2 fully saturated rings. The summed E-state index contributed by atoms with van der Waals surface area (Å²) in [5.41, 5.74) is 9.19. The minimum Gasteiger partial charge on any atom is -0.375 e. The molecule has 2 aliphatic heterocycles. The first-order valence-electron chi connectivity index (χ1n) is 4.63. The zero-order valence-electron chi connectivity index (χ0n) is 7.49. The van der Waals surface area contributed by atoms with Crippen LogP contribution < -0.4 is 11.2 Å². The molecule has 0 aliphatic carbocycles. The molecule has 0 radical (unpaired) electrons. The highest BCUT2D eigenvalue weighted by Gasteiger charge is 2.34. The number of nitrogens with one attached hydrogen (secondary N) is 1. The minimum absolute atomic E-state index is 0.254. The average molecular weight is 198 g/mol. The zero-order valence-corrected chi connectivity index (χ0v) is 8.31. The molecule has 0 amide bonds.